The molecule has 3 heteroatoms. The molecule has 0 unspecified atom stereocenters. The maximum Gasteiger partial charge on any atom is 0.219 e. The summed E-state index contributed by atoms with van der Waals surface area (Å²) in [6, 6.07) is 8.29. The number of rotatable bonds is 6. The second kappa shape index (κ2) is 6.88. The van der Waals surface area contributed by atoms with Crippen LogP contribution >= 0.6 is 0 Å². The molecule has 0 aliphatic carbocycles. The van der Waals surface area contributed by atoms with Gasteiger partial charge in [-0.3, -0.25) is 4.79 Å². The highest BCUT2D eigenvalue weighted by atomic mass is 16.1. The Morgan fingerprint density at radius 1 is 1.31 bits per heavy atom. The van der Waals surface area contributed by atoms with Crippen LogP contribution < -0.4 is 10.6 Å². The Morgan fingerprint density at radius 2 is 2.06 bits per heavy atom. The monoisotopic (exact) mass is 220 g/mol. The zero-order chi connectivity index (χ0) is 11.8. The molecular formula is C13H20N2O. The molecule has 0 atom stereocenters. The average molecular weight is 220 g/mol. The van der Waals surface area contributed by atoms with Gasteiger partial charge in [0, 0.05) is 25.7 Å². The molecule has 1 aromatic carbocycles. The normalized spacial score (nSPS) is 9.88. The van der Waals surface area contributed by atoms with Crippen molar-refractivity contribution < 1.29 is 4.79 Å². The van der Waals surface area contributed by atoms with Gasteiger partial charge in [-0.2, -0.15) is 0 Å². The molecule has 0 radical (unpaired) electrons. The van der Waals surface area contributed by atoms with Crippen molar-refractivity contribution in [2.75, 3.05) is 18.9 Å². The van der Waals surface area contributed by atoms with Crippen LogP contribution in [-0.2, 0) is 11.2 Å². The van der Waals surface area contributed by atoms with Crippen LogP contribution in [0.4, 0.5) is 5.69 Å². The minimum Gasteiger partial charge on any atom is -0.385 e. The first kappa shape index (κ1) is 12.6. The van der Waals surface area contributed by atoms with E-state index in [0.717, 1.165) is 19.4 Å². The van der Waals surface area contributed by atoms with Crippen molar-refractivity contribution >= 4 is 11.6 Å². The number of hydrogen-bond donors (Lipinski definition) is 2. The van der Waals surface area contributed by atoms with E-state index in [4.69, 9.17) is 0 Å². The Kier molecular flexibility index (Phi) is 5.40. The lowest BCUT2D eigenvalue weighted by Crippen LogP contribution is -2.18. The maximum absolute atomic E-state index is 11.0. The molecule has 88 valence electrons. The lowest BCUT2D eigenvalue weighted by molar-refractivity contribution is -0.120. The van der Waals surface area contributed by atoms with E-state index in [1.54, 1.807) is 7.05 Å². The van der Waals surface area contributed by atoms with E-state index in [9.17, 15) is 4.79 Å². The van der Waals surface area contributed by atoms with Gasteiger partial charge in [-0.15, -0.1) is 0 Å². The Hall–Kier alpha value is -1.51. The molecule has 0 aliphatic rings. The maximum atomic E-state index is 11.0. The van der Waals surface area contributed by atoms with Crippen LogP contribution in [0.15, 0.2) is 24.3 Å². The van der Waals surface area contributed by atoms with E-state index in [-0.39, 0.29) is 5.91 Å². The van der Waals surface area contributed by atoms with E-state index in [2.05, 4.69) is 35.8 Å². The fraction of sp³-hybridized carbons (Fsp3) is 0.462. The number of para-hydroxylation sites is 1. The molecule has 1 rings (SSSR count). The summed E-state index contributed by atoms with van der Waals surface area (Å²) in [6.07, 6.45) is 2.47. The van der Waals surface area contributed by atoms with Crippen LogP contribution in [0.5, 0.6) is 0 Å². The average Bonchev–Trinajstić information content (AvgIpc) is 2.34. The number of carbonyl (C=O) groups excluding carboxylic acids is 1. The van der Waals surface area contributed by atoms with Gasteiger partial charge in [0.2, 0.25) is 5.91 Å². The lowest BCUT2D eigenvalue weighted by Gasteiger charge is -2.10. The summed E-state index contributed by atoms with van der Waals surface area (Å²) in [5.74, 6) is 0.102. The summed E-state index contributed by atoms with van der Waals surface area (Å²) < 4.78 is 0. The predicted octanol–water partition coefficient (Wildman–Crippen LogP) is 2.19. The summed E-state index contributed by atoms with van der Waals surface area (Å²) in [5, 5.41) is 5.98. The quantitative estimate of drug-likeness (QED) is 0.721. The number of hydrogen-bond acceptors (Lipinski definition) is 2. The summed E-state index contributed by atoms with van der Waals surface area (Å²) in [5.41, 5.74) is 2.50. The van der Waals surface area contributed by atoms with E-state index < -0.39 is 0 Å². The topological polar surface area (TPSA) is 41.1 Å². The minimum atomic E-state index is 0.102. The van der Waals surface area contributed by atoms with E-state index in [1.807, 2.05) is 6.07 Å². The molecule has 1 amide bonds. The number of carbonyl (C=O) groups is 1. The number of amides is 1. The van der Waals surface area contributed by atoms with Gasteiger partial charge in [-0.25, -0.2) is 0 Å². The van der Waals surface area contributed by atoms with Crippen LogP contribution in [0.25, 0.3) is 0 Å². The molecule has 0 fully saturated rings. The number of aryl methyl sites for hydroxylation is 1. The van der Waals surface area contributed by atoms with Gasteiger partial charge >= 0.3 is 0 Å². The molecule has 0 heterocycles. The van der Waals surface area contributed by atoms with Gasteiger partial charge in [0.25, 0.3) is 0 Å². The first-order valence-corrected chi connectivity index (χ1v) is 5.80. The number of benzene rings is 1. The number of anilines is 1. The van der Waals surface area contributed by atoms with E-state index in [1.165, 1.54) is 11.3 Å². The SMILES string of the molecule is CCc1ccccc1NCCCC(=O)NC. The van der Waals surface area contributed by atoms with Crippen molar-refractivity contribution in [2.45, 2.75) is 26.2 Å². The van der Waals surface area contributed by atoms with Crippen LogP contribution in [-0.4, -0.2) is 19.5 Å². The van der Waals surface area contributed by atoms with Crippen molar-refractivity contribution in [3.63, 3.8) is 0 Å². The fourth-order valence-electron chi connectivity index (χ4n) is 1.60. The first-order valence-electron chi connectivity index (χ1n) is 5.80. The summed E-state index contributed by atoms with van der Waals surface area (Å²) in [4.78, 5) is 11.0. The van der Waals surface area contributed by atoms with Crippen LogP contribution in [0.2, 0.25) is 0 Å². The summed E-state index contributed by atoms with van der Waals surface area (Å²) in [6.45, 7) is 2.98. The third-order valence-corrected chi connectivity index (χ3v) is 2.57. The standard InChI is InChI=1S/C13H20N2O/c1-3-11-7-4-5-8-12(11)15-10-6-9-13(16)14-2/h4-5,7-8,15H,3,6,9-10H2,1-2H3,(H,14,16). The van der Waals surface area contributed by atoms with Crippen molar-refractivity contribution in [1.29, 1.82) is 0 Å². The Morgan fingerprint density at radius 3 is 2.75 bits per heavy atom. The predicted molar refractivity (Wildman–Crippen MR) is 67.6 cm³/mol. The first-order chi connectivity index (χ1) is 7.77. The minimum absolute atomic E-state index is 0.102. The largest absolute Gasteiger partial charge is 0.385 e. The van der Waals surface area contributed by atoms with Crippen LogP contribution in [0, 0.1) is 0 Å². The third kappa shape index (κ3) is 3.93. The molecule has 0 spiro atoms. The van der Waals surface area contributed by atoms with Gasteiger partial charge in [0.1, 0.15) is 0 Å². The van der Waals surface area contributed by atoms with Gasteiger partial charge < -0.3 is 10.6 Å². The highest BCUT2D eigenvalue weighted by Gasteiger charge is 2.00. The smallest absolute Gasteiger partial charge is 0.219 e. The molecule has 3 nitrogen and oxygen atoms in total. The van der Waals surface area contributed by atoms with Crippen LogP contribution in [0.1, 0.15) is 25.3 Å². The molecule has 0 bridgehead atoms. The van der Waals surface area contributed by atoms with Crippen LogP contribution in [0.3, 0.4) is 0 Å². The van der Waals surface area contributed by atoms with E-state index >= 15 is 0 Å². The van der Waals surface area contributed by atoms with Gasteiger partial charge in [-0.1, -0.05) is 25.1 Å². The van der Waals surface area contributed by atoms with E-state index in [0.29, 0.717) is 6.42 Å². The number of nitrogens with one attached hydrogen (secondary N) is 2. The van der Waals surface area contributed by atoms with Crippen molar-refractivity contribution in [3.8, 4) is 0 Å². The summed E-state index contributed by atoms with van der Waals surface area (Å²) in [7, 11) is 1.67. The fourth-order valence-corrected chi connectivity index (χ4v) is 1.60. The highest BCUT2D eigenvalue weighted by molar-refractivity contribution is 5.75. The Labute approximate surface area is 97.2 Å². The molecule has 0 saturated heterocycles. The molecule has 2 N–H and O–H groups in total. The molecule has 0 aromatic heterocycles. The van der Waals surface area contributed by atoms with Crippen molar-refractivity contribution in [1.82, 2.24) is 5.32 Å². The third-order valence-electron chi connectivity index (χ3n) is 2.57. The Balaban J connectivity index is 2.34. The molecule has 1 aromatic rings. The zero-order valence-electron chi connectivity index (χ0n) is 10.0. The second-order valence-electron chi connectivity index (χ2n) is 3.71. The van der Waals surface area contributed by atoms with Gasteiger partial charge in [-0.05, 0) is 24.5 Å². The lowest BCUT2D eigenvalue weighted by atomic mass is 10.1. The molecule has 0 saturated carbocycles. The highest BCUT2D eigenvalue weighted by Crippen LogP contribution is 2.15. The molecule has 16 heavy (non-hydrogen) atoms. The summed E-state index contributed by atoms with van der Waals surface area (Å²) >= 11 is 0. The van der Waals surface area contributed by atoms with Gasteiger partial charge in [0.05, 0.1) is 0 Å². The Bertz CT molecular complexity index is 336. The second-order valence-corrected chi connectivity index (χ2v) is 3.71. The molecule has 0 aliphatic heterocycles. The molecular weight excluding hydrogens is 200 g/mol. The van der Waals surface area contributed by atoms with Crippen molar-refractivity contribution in [3.05, 3.63) is 29.8 Å². The van der Waals surface area contributed by atoms with Gasteiger partial charge in [0.15, 0.2) is 0 Å². The van der Waals surface area contributed by atoms with Crippen molar-refractivity contribution in [2.24, 2.45) is 0 Å². The zero-order valence-corrected chi connectivity index (χ0v) is 10.0.